The number of rotatable bonds is 11. The summed E-state index contributed by atoms with van der Waals surface area (Å²) in [5, 5.41) is 2.98. The quantitative estimate of drug-likeness (QED) is 0.113. The fourth-order valence-electron chi connectivity index (χ4n) is 13.4. The van der Waals surface area contributed by atoms with E-state index in [1.165, 1.54) is 114 Å². The van der Waals surface area contributed by atoms with Crippen LogP contribution in [0.3, 0.4) is 0 Å². The summed E-state index contributed by atoms with van der Waals surface area (Å²) in [5.41, 5.74) is 24.4. The summed E-state index contributed by atoms with van der Waals surface area (Å²) in [7, 11) is 18.8. The van der Waals surface area contributed by atoms with E-state index in [-0.39, 0.29) is 40.7 Å². The molecule has 4 atom stereocenters. The van der Waals surface area contributed by atoms with E-state index in [2.05, 4.69) is 254 Å². The van der Waals surface area contributed by atoms with Gasteiger partial charge >= 0.3 is 476 Å². The molecule has 1 aliphatic heterocycles. The first-order valence-electron chi connectivity index (χ1n) is 29.2. The summed E-state index contributed by atoms with van der Waals surface area (Å²) in [5.74, 6) is 1.11. The first-order valence-corrected chi connectivity index (χ1v) is 41.0. The van der Waals surface area contributed by atoms with Crippen molar-refractivity contribution >= 4 is 52.3 Å². The summed E-state index contributed by atoms with van der Waals surface area (Å²) >= 11 is -5.97. The van der Waals surface area contributed by atoms with Gasteiger partial charge in [0.25, 0.3) is 0 Å². The molecular weight excluding hydrogens is 1060 g/mol. The van der Waals surface area contributed by atoms with Crippen LogP contribution in [0.5, 0.6) is 0 Å². The molecular formula is C72H91Cl2SiZr. The fourth-order valence-corrected chi connectivity index (χ4v) is 41.4. The van der Waals surface area contributed by atoms with Gasteiger partial charge in [0.2, 0.25) is 0 Å². The zero-order valence-electron chi connectivity index (χ0n) is 50.3. The van der Waals surface area contributed by atoms with Crippen LogP contribution in [0.2, 0.25) is 0 Å². The zero-order valence-corrected chi connectivity index (χ0v) is 55.7. The maximum absolute atomic E-state index is 9.86. The number of fused-ring (bicyclic) bond motifs is 5. The van der Waals surface area contributed by atoms with Crippen molar-refractivity contribution in [2.75, 3.05) is 0 Å². The Morgan fingerprint density at radius 2 is 0.855 bits per heavy atom. The second-order valence-electron chi connectivity index (χ2n) is 28.6. The van der Waals surface area contributed by atoms with Gasteiger partial charge in [0, 0.05) is 0 Å². The van der Waals surface area contributed by atoms with Crippen LogP contribution in [-0.2, 0) is 38.1 Å². The van der Waals surface area contributed by atoms with Crippen LogP contribution in [0.4, 0.5) is 0 Å². The average molecular weight is 1150 g/mol. The van der Waals surface area contributed by atoms with Crippen LogP contribution in [0.1, 0.15) is 226 Å². The second-order valence-corrected chi connectivity index (χ2v) is 51.0. The van der Waals surface area contributed by atoms with Crippen LogP contribution >= 0.6 is 17.0 Å². The third-order valence-electron chi connectivity index (χ3n) is 18.5. The van der Waals surface area contributed by atoms with Gasteiger partial charge in [-0.2, -0.15) is 0 Å². The van der Waals surface area contributed by atoms with Crippen LogP contribution in [-0.4, -0.2) is 9.52 Å². The minimum absolute atomic E-state index is 0.0332. The molecule has 0 radical (unpaired) electrons. The standard InChI is InChI=1S/2C30H41.C12H9Si.2ClH.Zr/c2*1-11-20(4)22-14-21-12-13-26(19(2)3)28(27(21)17-22)23-15-24(29(5,6)7)18-25(16-23)30(8,9)10;1-3-7-11-9(5-1)10-6-2-4-8-12(10)13-11;;;/h2*12-20H,11H2,1-10H3;1-7H,13H2;2*1H;/q;;;;;+2/p-2. The van der Waals surface area contributed by atoms with E-state index in [1.807, 2.05) is 0 Å². The molecule has 9 rings (SSSR count). The molecule has 0 aromatic heterocycles. The monoisotopic (exact) mass is 1140 g/mol. The van der Waals surface area contributed by atoms with Crippen molar-refractivity contribution in [3.05, 3.63) is 170 Å². The van der Waals surface area contributed by atoms with E-state index in [4.69, 9.17) is 0 Å². The Balaban J connectivity index is 1.45. The van der Waals surface area contributed by atoms with Crippen molar-refractivity contribution in [2.45, 2.75) is 192 Å². The molecule has 6 aromatic carbocycles. The molecule has 4 heteroatoms. The summed E-state index contributed by atoms with van der Waals surface area (Å²) in [4.78, 5) is 0. The molecule has 0 bridgehead atoms. The number of benzene rings is 6. The molecule has 4 unspecified atom stereocenters. The number of halogens is 2. The van der Waals surface area contributed by atoms with Gasteiger partial charge in [-0.15, -0.1) is 0 Å². The molecule has 0 saturated carbocycles. The topological polar surface area (TPSA) is 0 Å². The van der Waals surface area contributed by atoms with Crippen LogP contribution in [0, 0.1) is 11.8 Å². The third-order valence-corrected chi connectivity index (χ3v) is 41.1. The van der Waals surface area contributed by atoms with Crippen molar-refractivity contribution in [3.63, 3.8) is 0 Å². The van der Waals surface area contributed by atoms with Gasteiger partial charge in [-0.1, -0.05) is 0 Å². The Kier molecular flexibility index (Phi) is 15.0. The van der Waals surface area contributed by atoms with E-state index in [0.717, 1.165) is 12.8 Å². The van der Waals surface area contributed by atoms with E-state index >= 15 is 0 Å². The van der Waals surface area contributed by atoms with Gasteiger partial charge in [0.05, 0.1) is 0 Å². The molecule has 0 amide bonds. The average Bonchev–Trinajstić information content (AvgIpc) is 4.14. The maximum atomic E-state index is 9.86. The van der Waals surface area contributed by atoms with Gasteiger partial charge in [-0.3, -0.25) is 0 Å². The molecule has 76 heavy (non-hydrogen) atoms. The molecule has 6 aromatic rings. The number of hydrogen-bond donors (Lipinski definition) is 0. The molecule has 3 aliphatic rings. The van der Waals surface area contributed by atoms with Crippen LogP contribution in [0.25, 0.3) is 45.5 Å². The molecule has 0 spiro atoms. The van der Waals surface area contributed by atoms with Gasteiger partial charge in [0.15, 0.2) is 0 Å². The molecule has 2 aliphatic carbocycles. The van der Waals surface area contributed by atoms with Gasteiger partial charge < -0.3 is 0 Å². The normalized spacial score (nSPS) is 18.3. The van der Waals surface area contributed by atoms with Crippen molar-refractivity contribution < 1.29 is 16.4 Å². The van der Waals surface area contributed by atoms with E-state index in [0.29, 0.717) is 11.8 Å². The Morgan fingerprint density at radius 1 is 0.474 bits per heavy atom. The van der Waals surface area contributed by atoms with Crippen molar-refractivity contribution in [1.82, 2.24) is 0 Å². The Hall–Kier alpha value is -3.52. The third kappa shape index (κ3) is 9.68. The van der Waals surface area contributed by atoms with Crippen LogP contribution in [0.15, 0.2) is 114 Å². The number of allylic oxidation sites excluding steroid dienone is 2. The minimum atomic E-state index is -5.97. The van der Waals surface area contributed by atoms with Crippen molar-refractivity contribution in [1.29, 1.82) is 0 Å². The van der Waals surface area contributed by atoms with Gasteiger partial charge in [-0.05, 0) is 0 Å². The SMILES string of the molecule is CCC(C)C1=Cc2c(ccc(C(C)C)c2-c2cc(C(C)(C)C)cc(C(C)(C)C)c2)[CH]1[Zr]([Cl])([Cl])([c]1cccc2c1[SiH2]c1ccccc1-2)[CH]1C(C(C)CC)=Cc2c1ccc(C(C)C)c2-c1cc(C(C)(C)C)cc(C(C)(C)C)c1. The molecule has 0 fully saturated rings. The van der Waals surface area contributed by atoms with E-state index in [1.54, 1.807) is 0 Å². The van der Waals surface area contributed by atoms with E-state index in [9.17, 15) is 17.0 Å². The molecule has 401 valence electrons. The Labute approximate surface area is 472 Å². The Morgan fingerprint density at radius 3 is 1.22 bits per heavy atom. The summed E-state index contributed by atoms with van der Waals surface area (Å²) in [6, 6.07) is 41.4. The van der Waals surface area contributed by atoms with Crippen molar-refractivity contribution in [3.8, 4) is 33.4 Å². The predicted molar refractivity (Wildman–Crippen MR) is 338 cm³/mol. The zero-order chi connectivity index (χ0) is 55.6. The van der Waals surface area contributed by atoms with E-state index < -0.39 is 25.9 Å². The fraction of sp³-hybridized carbons (Fsp3) is 0.444. The van der Waals surface area contributed by atoms with Crippen molar-refractivity contribution in [2.24, 2.45) is 11.8 Å². The second kappa shape index (κ2) is 19.9. The molecule has 0 nitrogen and oxygen atoms in total. The number of hydrogen-bond acceptors (Lipinski definition) is 0. The van der Waals surface area contributed by atoms with Crippen LogP contribution < -0.4 is 13.6 Å². The molecule has 0 saturated heterocycles. The first-order chi connectivity index (χ1) is 35.3. The summed E-state index contributed by atoms with van der Waals surface area (Å²) in [6.45, 7) is 47.6. The van der Waals surface area contributed by atoms with Gasteiger partial charge in [0.1, 0.15) is 0 Å². The first kappa shape index (κ1) is 57.2. The Bertz CT molecular complexity index is 3090. The molecule has 1 heterocycles. The predicted octanol–water partition coefficient (Wildman–Crippen LogP) is 19.5. The van der Waals surface area contributed by atoms with Gasteiger partial charge in [-0.25, -0.2) is 0 Å². The summed E-state index contributed by atoms with van der Waals surface area (Å²) < 4.78 is 0.975. The molecule has 0 N–H and O–H groups in total. The summed E-state index contributed by atoms with van der Waals surface area (Å²) in [6.07, 6.45) is 7.29.